The highest BCUT2D eigenvalue weighted by atomic mass is 19.1. The maximum Gasteiger partial charge on any atom is 0.372 e. The monoisotopic (exact) mass is 278 g/mol. The van der Waals surface area contributed by atoms with E-state index in [1.54, 1.807) is 16.7 Å². The van der Waals surface area contributed by atoms with Gasteiger partial charge in [0.1, 0.15) is 5.52 Å². The molecule has 1 N–H and O–H groups in total. The van der Waals surface area contributed by atoms with Crippen LogP contribution in [0.15, 0.2) is 18.2 Å². The fourth-order valence-electron chi connectivity index (χ4n) is 2.65. The number of rotatable bonds is 3. The van der Waals surface area contributed by atoms with Crippen LogP contribution in [0.25, 0.3) is 11.0 Å². The summed E-state index contributed by atoms with van der Waals surface area (Å²) in [6.45, 7) is 1.91. The van der Waals surface area contributed by atoms with Crippen molar-refractivity contribution in [2.75, 3.05) is 13.2 Å². The van der Waals surface area contributed by atoms with Gasteiger partial charge >= 0.3 is 5.97 Å². The molecule has 5 nitrogen and oxygen atoms in total. The van der Waals surface area contributed by atoms with E-state index in [4.69, 9.17) is 4.74 Å². The van der Waals surface area contributed by atoms with Gasteiger partial charge in [0, 0.05) is 19.8 Å². The lowest BCUT2D eigenvalue weighted by atomic mass is 10.0. The second-order valence-corrected chi connectivity index (χ2v) is 5.01. The summed E-state index contributed by atoms with van der Waals surface area (Å²) in [5, 5.41) is 9.26. The second-order valence-electron chi connectivity index (χ2n) is 5.01. The van der Waals surface area contributed by atoms with Gasteiger partial charge in [-0.05, 0) is 30.9 Å². The third kappa shape index (κ3) is 2.27. The molecule has 0 spiro atoms. The van der Waals surface area contributed by atoms with Crippen LogP contribution in [0, 0.1) is 11.7 Å². The van der Waals surface area contributed by atoms with Crippen LogP contribution in [-0.2, 0) is 11.3 Å². The van der Waals surface area contributed by atoms with E-state index in [0.717, 1.165) is 12.8 Å². The Morgan fingerprint density at radius 3 is 2.90 bits per heavy atom. The minimum atomic E-state index is -1.13. The Bertz CT molecular complexity index is 647. The SMILES string of the molecule is O=C(O)c1nc2c(F)cccc2n1CC1CCOCC1. The number of carbonyl (C=O) groups is 1. The fraction of sp³-hybridized carbons (Fsp3) is 0.429. The van der Waals surface area contributed by atoms with Gasteiger partial charge in [0.25, 0.3) is 0 Å². The van der Waals surface area contributed by atoms with E-state index in [2.05, 4.69) is 4.98 Å². The van der Waals surface area contributed by atoms with E-state index in [0.29, 0.717) is 31.2 Å². The molecule has 0 aliphatic carbocycles. The zero-order chi connectivity index (χ0) is 14.1. The Morgan fingerprint density at radius 1 is 1.45 bits per heavy atom. The number of aromatic carboxylic acids is 1. The molecule has 106 valence electrons. The first-order chi connectivity index (χ1) is 9.66. The Kier molecular flexibility index (Phi) is 3.40. The minimum Gasteiger partial charge on any atom is -0.475 e. The third-order valence-electron chi connectivity index (χ3n) is 3.70. The van der Waals surface area contributed by atoms with E-state index < -0.39 is 11.8 Å². The number of aromatic nitrogens is 2. The van der Waals surface area contributed by atoms with Crippen LogP contribution < -0.4 is 0 Å². The Balaban J connectivity index is 2.04. The minimum absolute atomic E-state index is 0.100. The lowest BCUT2D eigenvalue weighted by Crippen LogP contribution is -2.22. The van der Waals surface area contributed by atoms with E-state index in [1.165, 1.54) is 6.07 Å². The second kappa shape index (κ2) is 5.20. The number of hydrogen-bond acceptors (Lipinski definition) is 3. The number of para-hydroxylation sites is 1. The molecule has 1 aliphatic heterocycles. The van der Waals surface area contributed by atoms with E-state index in [9.17, 15) is 14.3 Å². The highest BCUT2D eigenvalue weighted by Crippen LogP contribution is 2.24. The molecule has 2 heterocycles. The molecule has 20 heavy (non-hydrogen) atoms. The first-order valence-corrected chi connectivity index (χ1v) is 6.62. The number of ether oxygens (including phenoxy) is 1. The molecule has 3 rings (SSSR count). The predicted molar refractivity (Wildman–Crippen MR) is 70.2 cm³/mol. The van der Waals surface area contributed by atoms with Crippen molar-refractivity contribution in [1.29, 1.82) is 0 Å². The van der Waals surface area contributed by atoms with Crippen LogP contribution in [0.2, 0.25) is 0 Å². The van der Waals surface area contributed by atoms with Crippen molar-refractivity contribution in [2.45, 2.75) is 19.4 Å². The molecule has 1 aromatic carbocycles. The Hall–Kier alpha value is -1.95. The summed E-state index contributed by atoms with van der Waals surface area (Å²) >= 11 is 0. The van der Waals surface area contributed by atoms with E-state index in [1.807, 2.05) is 0 Å². The Labute approximate surface area is 115 Å². The number of fused-ring (bicyclic) bond motifs is 1. The van der Waals surface area contributed by atoms with Crippen LogP contribution in [0.1, 0.15) is 23.5 Å². The normalized spacial score (nSPS) is 16.6. The van der Waals surface area contributed by atoms with Gasteiger partial charge < -0.3 is 14.4 Å². The molecule has 0 saturated carbocycles. The molecule has 1 aliphatic rings. The maximum absolute atomic E-state index is 13.7. The van der Waals surface area contributed by atoms with Crippen molar-refractivity contribution in [3.63, 3.8) is 0 Å². The average molecular weight is 278 g/mol. The summed E-state index contributed by atoms with van der Waals surface area (Å²) in [5.41, 5.74) is 0.658. The van der Waals surface area contributed by atoms with Crippen LogP contribution >= 0.6 is 0 Å². The standard InChI is InChI=1S/C14H15FN2O3/c15-10-2-1-3-11-12(10)16-13(14(18)19)17(11)8-9-4-6-20-7-5-9/h1-3,9H,4-8H2,(H,18,19). The van der Waals surface area contributed by atoms with Crippen LogP contribution in [0.4, 0.5) is 4.39 Å². The van der Waals surface area contributed by atoms with Gasteiger partial charge in [0.15, 0.2) is 5.82 Å². The lowest BCUT2D eigenvalue weighted by Gasteiger charge is -2.23. The van der Waals surface area contributed by atoms with Gasteiger partial charge in [0.2, 0.25) is 5.82 Å². The molecule has 0 atom stereocenters. The molecule has 0 radical (unpaired) electrons. The van der Waals surface area contributed by atoms with Crippen molar-refractivity contribution in [1.82, 2.24) is 9.55 Å². The summed E-state index contributed by atoms with van der Waals surface area (Å²) in [4.78, 5) is 15.2. The summed E-state index contributed by atoms with van der Waals surface area (Å²) in [7, 11) is 0. The molecule has 0 unspecified atom stereocenters. The summed E-state index contributed by atoms with van der Waals surface area (Å²) in [5.74, 6) is -1.39. The number of hydrogen-bond donors (Lipinski definition) is 1. The number of imidazole rings is 1. The number of halogens is 1. The number of carboxylic acid groups (broad SMARTS) is 1. The maximum atomic E-state index is 13.7. The first-order valence-electron chi connectivity index (χ1n) is 6.62. The molecule has 2 aromatic rings. The quantitative estimate of drug-likeness (QED) is 0.935. The van der Waals surface area contributed by atoms with Gasteiger partial charge in [-0.3, -0.25) is 0 Å². The lowest BCUT2D eigenvalue weighted by molar-refractivity contribution is 0.0594. The molecule has 1 fully saturated rings. The number of carboxylic acids is 1. The third-order valence-corrected chi connectivity index (χ3v) is 3.70. The molecule has 6 heteroatoms. The van der Waals surface area contributed by atoms with E-state index in [-0.39, 0.29) is 11.3 Å². The highest BCUT2D eigenvalue weighted by Gasteiger charge is 2.22. The smallest absolute Gasteiger partial charge is 0.372 e. The fourth-order valence-corrected chi connectivity index (χ4v) is 2.65. The first kappa shape index (κ1) is 13.1. The average Bonchev–Trinajstić information content (AvgIpc) is 2.81. The van der Waals surface area contributed by atoms with Crippen LogP contribution in [-0.4, -0.2) is 33.8 Å². The molecule has 1 saturated heterocycles. The highest BCUT2D eigenvalue weighted by molar-refractivity contribution is 5.90. The molecule has 0 bridgehead atoms. The van der Waals surface area contributed by atoms with Gasteiger partial charge in [-0.15, -0.1) is 0 Å². The molecule has 1 aromatic heterocycles. The number of benzene rings is 1. The number of nitrogens with zero attached hydrogens (tertiary/aromatic N) is 2. The van der Waals surface area contributed by atoms with Gasteiger partial charge in [-0.2, -0.15) is 0 Å². The van der Waals surface area contributed by atoms with E-state index >= 15 is 0 Å². The van der Waals surface area contributed by atoms with Gasteiger partial charge in [-0.25, -0.2) is 14.2 Å². The zero-order valence-electron chi connectivity index (χ0n) is 10.9. The van der Waals surface area contributed by atoms with Crippen LogP contribution in [0.5, 0.6) is 0 Å². The van der Waals surface area contributed by atoms with Gasteiger partial charge in [0.05, 0.1) is 5.52 Å². The molecule has 0 amide bonds. The predicted octanol–water partition coefficient (Wildman–Crippen LogP) is 2.30. The largest absolute Gasteiger partial charge is 0.475 e. The summed E-state index contributed by atoms with van der Waals surface area (Å²) in [6.07, 6.45) is 1.77. The van der Waals surface area contributed by atoms with Crippen molar-refractivity contribution in [2.24, 2.45) is 5.92 Å². The molecular formula is C14H15FN2O3. The Morgan fingerprint density at radius 2 is 2.20 bits per heavy atom. The summed E-state index contributed by atoms with van der Waals surface area (Å²) < 4.78 is 20.6. The van der Waals surface area contributed by atoms with Gasteiger partial charge in [-0.1, -0.05) is 6.07 Å². The van der Waals surface area contributed by atoms with Crippen molar-refractivity contribution < 1.29 is 19.0 Å². The topological polar surface area (TPSA) is 64.3 Å². The van der Waals surface area contributed by atoms with Crippen molar-refractivity contribution in [3.8, 4) is 0 Å². The van der Waals surface area contributed by atoms with Crippen LogP contribution in [0.3, 0.4) is 0 Å². The zero-order valence-corrected chi connectivity index (χ0v) is 10.9. The molecular weight excluding hydrogens is 263 g/mol. The van der Waals surface area contributed by atoms with Crippen molar-refractivity contribution >= 4 is 17.0 Å². The van der Waals surface area contributed by atoms with Crippen molar-refractivity contribution in [3.05, 3.63) is 29.8 Å². The summed E-state index contributed by atoms with van der Waals surface area (Å²) in [6, 6.07) is 4.57.